The normalized spacial score (nSPS) is 19.8. The SMILES string of the molecule is CN1CCC[C@@H]1c1ccc[n+](CCCCCCCCCCCC[n+]2cccc([C@@H]3CCCN3C)c2)c1.[Br-].[Br-]. The fraction of sp³-hybridized carbons (Fsp3) is 0.688. The number of nitrogens with zero attached hydrogens (tertiary/aromatic N) is 4. The van der Waals surface area contributed by atoms with Gasteiger partial charge in [0.25, 0.3) is 0 Å². The molecule has 2 saturated heterocycles. The van der Waals surface area contributed by atoms with Gasteiger partial charge in [-0.2, -0.15) is 0 Å². The highest BCUT2D eigenvalue weighted by atomic mass is 79.9. The number of rotatable bonds is 15. The van der Waals surface area contributed by atoms with Crippen molar-refractivity contribution in [2.75, 3.05) is 27.2 Å². The first-order chi connectivity index (χ1) is 17.7. The van der Waals surface area contributed by atoms with Gasteiger partial charge in [0, 0.05) is 48.2 Å². The predicted molar refractivity (Wildman–Crippen MR) is 149 cm³/mol. The van der Waals surface area contributed by atoms with Crippen molar-refractivity contribution in [2.45, 2.75) is 115 Å². The monoisotopic (exact) mass is 650 g/mol. The Balaban J connectivity index is 0.00000253. The van der Waals surface area contributed by atoms with Gasteiger partial charge in [0.05, 0.1) is 0 Å². The molecule has 0 aromatic carbocycles. The van der Waals surface area contributed by atoms with E-state index in [4.69, 9.17) is 0 Å². The zero-order valence-electron chi connectivity index (χ0n) is 24.0. The average Bonchev–Trinajstić information content (AvgIpc) is 3.53. The Morgan fingerprint density at radius 1 is 0.605 bits per heavy atom. The van der Waals surface area contributed by atoms with Crippen molar-refractivity contribution >= 4 is 0 Å². The summed E-state index contributed by atoms with van der Waals surface area (Å²) in [6.45, 7) is 4.82. The minimum absolute atomic E-state index is 0. The van der Waals surface area contributed by atoms with E-state index >= 15 is 0 Å². The molecule has 0 amide bonds. The molecule has 0 unspecified atom stereocenters. The third-order valence-electron chi connectivity index (χ3n) is 8.66. The predicted octanol–water partition coefficient (Wildman–Crippen LogP) is 0.404. The molecular formula is C32H52Br2N4. The number of pyridine rings is 2. The molecule has 2 atom stereocenters. The lowest BCUT2D eigenvalue weighted by Gasteiger charge is -2.18. The molecule has 6 heteroatoms. The van der Waals surface area contributed by atoms with Crippen LogP contribution in [0.3, 0.4) is 0 Å². The first-order valence-corrected chi connectivity index (χ1v) is 15.1. The van der Waals surface area contributed by atoms with Gasteiger partial charge in [-0.05, 0) is 77.8 Å². The van der Waals surface area contributed by atoms with Crippen LogP contribution in [-0.2, 0) is 13.1 Å². The van der Waals surface area contributed by atoms with E-state index in [1.54, 1.807) is 0 Å². The van der Waals surface area contributed by atoms with Crippen LogP contribution in [0.1, 0.15) is 113 Å². The lowest BCUT2D eigenvalue weighted by Crippen LogP contribution is -3.00. The second-order valence-electron chi connectivity index (χ2n) is 11.6. The minimum atomic E-state index is 0. The molecule has 0 aliphatic carbocycles. The molecule has 2 aliphatic heterocycles. The Morgan fingerprint density at radius 3 is 1.32 bits per heavy atom. The first-order valence-electron chi connectivity index (χ1n) is 15.1. The smallest absolute Gasteiger partial charge is 0.173 e. The Kier molecular flexibility index (Phi) is 16.3. The van der Waals surface area contributed by atoms with Crippen LogP contribution in [0.15, 0.2) is 49.1 Å². The van der Waals surface area contributed by atoms with Crippen molar-refractivity contribution in [2.24, 2.45) is 0 Å². The maximum absolute atomic E-state index is 2.51. The zero-order valence-corrected chi connectivity index (χ0v) is 27.2. The van der Waals surface area contributed by atoms with E-state index in [0.717, 1.165) is 0 Å². The van der Waals surface area contributed by atoms with Gasteiger partial charge in [-0.3, -0.25) is 9.80 Å². The summed E-state index contributed by atoms with van der Waals surface area (Å²) in [5.41, 5.74) is 3.00. The molecule has 4 heterocycles. The van der Waals surface area contributed by atoms with E-state index in [-0.39, 0.29) is 34.0 Å². The van der Waals surface area contributed by atoms with E-state index in [1.807, 2.05) is 0 Å². The molecule has 38 heavy (non-hydrogen) atoms. The molecule has 0 bridgehead atoms. The summed E-state index contributed by atoms with van der Waals surface area (Å²) in [4.78, 5) is 5.01. The quantitative estimate of drug-likeness (QED) is 0.205. The van der Waals surface area contributed by atoms with E-state index in [2.05, 4.69) is 82.1 Å². The number of aryl methyl sites for hydroxylation is 2. The summed E-state index contributed by atoms with van der Waals surface area (Å²) in [7, 11) is 4.54. The maximum Gasteiger partial charge on any atom is 0.173 e. The van der Waals surface area contributed by atoms with Crippen molar-refractivity contribution < 1.29 is 43.1 Å². The summed E-state index contributed by atoms with van der Waals surface area (Å²) >= 11 is 0. The largest absolute Gasteiger partial charge is 1.00 e. The second-order valence-corrected chi connectivity index (χ2v) is 11.6. The van der Waals surface area contributed by atoms with Gasteiger partial charge in [0.1, 0.15) is 13.1 Å². The Bertz CT molecular complexity index is 835. The van der Waals surface area contributed by atoms with Gasteiger partial charge >= 0.3 is 0 Å². The highest BCUT2D eigenvalue weighted by Crippen LogP contribution is 2.30. The maximum atomic E-state index is 2.51. The highest BCUT2D eigenvalue weighted by Gasteiger charge is 2.25. The molecule has 2 aliphatic rings. The summed E-state index contributed by atoms with van der Waals surface area (Å²) in [5.74, 6) is 0. The number of likely N-dealkylation sites (tertiary alicyclic amines) is 2. The van der Waals surface area contributed by atoms with Gasteiger partial charge < -0.3 is 34.0 Å². The van der Waals surface area contributed by atoms with Crippen LogP contribution in [0.25, 0.3) is 0 Å². The fourth-order valence-corrected chi connectivity index (χ4v) is 6.42. The molecule has 214 valence electrons. The summed E-state index contributed by atoms with van der Waals surface area (Å²) in [6.07, 6.45) is 28.4. The average molecular weight is 653 g/mol. The minimum Gasteiger partial charge on any atom is -1.00 e. The van der Waals surface area contributed by atoms with Gasteiger partial charge in [0.15, 0.2) is 24.8 Å². The molecule has 2 fully saturated rings. The van der Waals surface area contributed by atoms with Gasteiger partial charge in [-0.15, -0.1) is 0 Å². The van der Waals surface area contributed by atoms with E-state index < -0.39 is 0 Å². The van der Waals surface area contributed by atoms with Gasteiger partial charge in [-0.1, -0.05) is 38.5 Å². The molecule has 4 rings (SSSR count). The van der Waals surface area contributed by atoms with Crippen molar-refractivity contribution in [1.82, 2.24) is 9.80 Å². The number of aromatic nitrogens is 2. The van der Waals surface area contributed by atoms with E-state index in [1.165, 1.54) is 127 Å². The molecule has 0 saturated carbocycles. The second kappa shape index (κ2) is 18.5. The van der Waals surface area contributed by atoms with Crippen molar-refractivity contribution in [1.29, 1.82) is 0 Å². The Hall–Kier alpha value is -0.820. The summed E-state index contributed by atoms with van der Waals surface area (Å²) in [5, 5.41) is 0. The zero-order chi connectivity index (χ0) is 25.0. The first kappa shape index (κ1) is 33.4. The fourth-order valence-electron chi connectivity index (χ4n) is 6.42. The Labute approximate surface area is 254 Å². The number of unbranched alkanes of at least 4 members (excludes halogenated alkanes) is 9. The third-order valence-corrected chi connectivity index (χ3v) is 8.66. The molecule has 2 aromatic heterocycles. The highest BCUT2D eigenvalue weighted by molar-refractivity contribution is 5.13. The van der Waals surface area contributed by atoms with E-state index in [0.29, 0.717) is 12.1 Å². The standard InChI is InChI=1S/C32H52N4.2BrH/c1-33-21-15-19-31(33)29-17-13-25-35(27-29)23-11-9-7-5-3-4-6-8-10-12-24-36-26-14-18-30(28-36)32-20-16-22-34(32)2;;/h13-14,17-18,25-28,31-32H,3-12,15-16,19-24H2,1-2H3;2*1H/q+2;;/p-2/t31-,32+;;. The van der Waals surface area contributed by atoms with Crippen LogP contribution in [0.2, 0.25) is 0 Å². The van der Waals surface area contributed by atoms with Crippen molar-refractivity contribution in [3.8, 4) is 0 Å². The van der Waals surface area contributed by atoms with Crippen LogP contribution < -0.4 is 43.1 Å². The van der Waals surface area contributed by atoms with Crippen molar-refractivity contribution in [3.05, 3.63) is 60.2 Å². The number of hydrogen-bond acceptors (Lipinski definition) is 2. The summed E-state index contributed by atoms with van der Waals surface area (Å²) in [6, 6.07) is 10.4. The summed E-state index contributed by atoms with van der Waals surface area (Å²) < 4.78 is 4.84. The molecular weight excluding hydrogens is 600 g/mol. The number of halogens is 2. The van der Waals surface area contributed by atoms with Crippen LogP contribution >= 0.6 is 0 Å². The van der Waals surface area contributed by atoms with Crippen LogP contribution in [0.5, 0.6) is 0 Å². The van der Waals surface area contributed by atoms with Crippen LogP contribution in [-0.4, -0.2) is 37.0 Å². The van der Waals surface area contributed by atoms with Gasteiger partial charge in [-0.25, -0.2) is 9.13 Å². The third kappa shape index (κ3) is 10.6. The Morgan fingerprint density at radius 2 is 0.974 bits per heavy atom. The van der Waals surface area contributed by atoms with Crippen LogP contribution in [0, 0.1) is 0 Å². The number of hydrogen-bond donors (Lipinski definition) is 0. The molecule has 2 aromatic rings. The molecule has 0 spiro atoms. The van der Waals surface area contributed by atoms with E-state index in [9.17, 15) is 0 Å². The van der Waals surface area contributed by atoms with Gasteiger partial charge in [0.2, 0.25) is 0 Å². The topological polar surface area (TPSA) is 14.2 Å². The lowest BCUT2D eigenvalue weighted by molar-refractivity contribution is -0.698. The van der Waals surface area contributed by atoms with Crippen molar-refractivity contribution in [3.63, 3.8) is 0 Å². The molecule has 4 nitrogen and oxygen atoms in total. The lowest BCUT2D eigenvalue weighted by atomic mass is 10.1. The van der Waals surface area contributed by atoms with Crippen LogP contribution in [0.4, 0.5) is 0 Å². The molecule has 0 N–H and O–H groups in total. The molecule has 0 radical (unpaired) electrons.